The molecule has 37 heavy (non-hydrogen) atoms. The van der Waals surface area contributed by atoms with Gasteiger partial charge in [-0.3, -0.25) is 4.74 Å². The fraction of sp³-hybridized carbons (Fsp3) is 0.545. The van der Waals surface area contributed by atoms with Gasteiger partial charge in [-0.1, -0.05) is 43.3 Å². The Labute approximate surface area is 202 Å². The van der Waals surface area contributed by atoms with Crippen LogP contribution in [0.25, 0.3) is 10.8 Å². The SMILES string of the molecule is CCC(COc1cccc2ccccc12)(OC(F)(F)C(F)(F)C(C)F)C(F)(F)N(F)C(C)(F)C(F)(F)F. The van der Waals surface area contributed by atoms with E-state index < -0.39 is 66.9 Å². The lowest BCUT2D eigenvalue weighted by atomic mass is 9.96. The van der Waals surface area contributed by atoms with Crippen molar-refractivity contribution < 1.29 is 62.2 Å². The zero-order valence-corrected chi connectivity index (χ0v) is 19.3. The number of alkyl halides is 11. The number of hydrogen-bond donors (Lipinski definition) is 0. The van der Waals surface area contributed by atoms with Crippen molar-refractivity contribution in [2.75, 3.05) is 6.61 Å². The quantitative estimate of drug-likeness (QED) is 0.158. The van der Waals surface area contributed by atoms with E-state index in [9.17, 15) is 44.0 Å². The fourth-order valence-corrected chi connectivity index (χ4v) is 3.18. The summed E-state index contributed by atoms with van der Waals surface area (Å²) in [7, 11) is 0. The van der Waals surface area contributed by atoms with Gasteiger partial charge in [-0.2, -0.15) is 39.5 Å². The maximum atomic E-state index is 15.2. The van der Waals surface area contributed by atoms with Gasteiger partial charge in [0.25, 0.3) is 5.79 Å². The highest BCUT2D eigenvalue weighted by molar-refractivity contribution is 5.88. The second-order valence-corrected chi connectivity index (χ2v) is 8.24. The summed E-state index contributed by atoms with van der Waals surface area (Å²) in [5, 5.41) is -2.21. The van der Waals surface area contributed by atoms with Crippen LogP contribution in [0.15, 0.2) is 42.5 Å². The van der Waals surface area contributed by atoms with E-state index in [1.807, 2.05) is 0 Å². The monoisotopic (exact) mass is 559 g/mol. The van der Waals surface area contributed by atoms with Crippen LogP contribution in [-0.4, -0.2) is 53.5 Å². The van der Waals surface area contributed by atoms with Gasteiger partial charge in [0.05, 0.1) is 0 Å². The van der Waals surface area contributed by atoms with Crippen molar-refractivity contribution in [2.24, 2.45) is 0 Å². The molecule has 15 heteroatoms. The van der Waals surface area contributed by atoms with Crippen LogP contribution in [0.4, 0.5) is 52.8 Å². The van der Waals surface area contributed by atoms with Crippen molar-refractivity contribution in [1.82, 2.24) is 5.12 Å². The molecule has 0 aliphatic rings. The molecule has 210 valence electrons. The summed E-state index contributed by atoms with van der Waals surface area (Å²) in [5.41, 5.74) is -4.42. The Kier molecular flexibility index (Phi) is 8.36. The maximum absolute atomic E-state index is 15.2. The summed E-state index contributed by atoms with van der Waals surface area (Å²) in [6.45, 7) is -2.22. The average molecular weight is 559 g/mol. The molecule has 0 amide bonds. The van der Waals surface area contributed by atoms with Crippen LogP contribution in [0.1, 0.15) is 27.2 Å². The van der Waals surface area contributed by atoms with Gasteiger partial charge in [-0.05, 0) is 36.8 Å². The summed E-state index contributed by atoms with van der Waals surface area (Å²) >= 11 is 0. The molecule has 0 saturated heterocycles. The minimum Gasteiger partial charge on any atom is -0.490 e. The molecule has 0 bridgehead atoms. The molecule has 0 aromatic heterocycles. The molecule has 3 nitrogen and oxygen atoms in total. The largest absolute Gasteiger partial charge is 0.490 e. The Bertz CT molecular complexity index is 1070. The molecule has 2 aromatic carbocycles. The number of ether oxygens (including phenoxy) is 2. The van der Waals surface area contributed by atoms with Crippen molar-refractivity contribution >= 4 is 10.8 Å². The van der Waals surface area contributed by atoms with E-state index >= 15 is 8.78 Å². The first-order valence-electron chi connectivity index (χ1n) is 10.5. The molecule has 0 aliphatic carbocycles. The molecule has 3 unspecified atom stereocenters. The Morgan fingerprint density at radius 1 is 0.865 bits per heavy atom. The Morgan fingerprint density at radius 2 is 1.41 bits per heavy atom. The van der Waals surface area contributed by atoms with Crippen LogP contribution >= 0.6 is 0 Å². The van der Waals surface area contributed by atoms with Crippen LogP contribution in [0.5, 0.6) is 5.75 Å². The highest BCUT2D eigenvalue weighted by atomic mass is 19.4. The lowest BCUT2D eigenvalue weighted by molar-refractivity contribution is -0.466. The summed E-state index contributed by atoms with van der Waals surface area (Å²) in [6, 6.07) is 3.68. The highest BCUT2D eigenvalue weighted by Gasteiger charge is 2.74. The molecule has 3 atom stereocenters. The highest BCUT2D eigenvalue weighted by Crippen LogP contribution is 2.51. The Morgan fingerprint density at radius 3 is 1.92 bits per heavy atom. The van der Waals surface area contributed by atoms with E-state index in [0.717, 1.165) is 6.07 Å². The van der Waals surface area contributed by atoms with Crippen molar-refractivity contribution in [3.8, 4) is 5.75 Å². The normalized spacial score (nSPS) is 17.9. The standard InChI is InChI=1S/C22H21F12NO2/c1-4-18(37-22(32,33)19(25,26)13(2)23,21(30,31)35(34)17(3,24)20(27,28)29)12-36-16-11-7-9-14-8-5-6-10-15(14)16/h5-11,13H,4,12H2,1-3H3. The number of fused-ring (bicyclic) bond motifs is 1. The van der Waals surface area contributed by atoms with Crippen molar-refractivity contribution in [2.45, 2.75) is 69.0 Å². The first kappa shape index (κ1) is 30.8. The third-order valence-electron chi connectivity index (χ3n) is 5.67. The zero-order valence-electron chi connectivity index (χ0n) is 19.3. The smallest absolute Gasteiger partial charge is 0.438 e. The molecular formula is C22H21F12NO2. The van der Waals surface area contributed by atoms with Crippen LogP contribution in [0.3, 0.4) is 0 Å². The molecule has 0 saturated carbocycles. The van der Waals surface area contributed by atoms with Gasteiger partial charge in [0.15, 0.2) is 11.8 Å². The molecule has 2 aromatic rings. The molecule has 0 spiro atoms. The van der Waals surface area contributed by atoms with E-state index in [1.165, 1.54) is 30.3 Å². The van der Waals surface area contributed by atoms with Gasteiger partial charge in [0.1, 0.15) is 12.4 Å². The third-order valence-corrected chi connectivity index (χ3v) is 5.67. The minimum absolute atomic E-state index is 0.0701. The van der Waals surface area contributed by atoms with Gasteiger partial charge in [-0.15, -0.1) is 4.48 Å². The van der Waals surface area contributed by atoms with Gasteiger partial charge in [-0.25, -0.2) is 8.78 Å². The van der Waals surface area contributed by atoms with E-state index in [-0.39, 0.29) is 18.1 Å². The number of hydrogen-bond acceptors (Lipinski definition) is 3. The van der Waals surface area contributed by atoms with Crippen LogP contribution in [-0.2, 0) is 4.74 Å². The second-order valence-electron chi connectivity index (χ2n) is 8.24. The molecule has 0 heterocycles. The lowest BCUT2D eigenvalue weighted by Crippen LogP contribution is -2.69. The predicted molar refractivity (Wildman–Crippen MR) is 107 cm³/mol. The van der Waals surface area contributed by atoms with Crippen LogP contribution in [0, 0.1) is 0 Å². The van der Waals surface area contributed by atoms with Crippen molar-refractivity contribution in [3.05, 3.63) is 42.5 Å². The summed E-state index contributed by atoms with van der Waals surface area (Å²) in [6.07, 6.45) is -17.8. The molecule has 2 rings (SSSR count). The molecule has 0 N–H and O–H groups in total. The van der Waals surface area contributed by atoms with Gasteiger partial charge < -0.3 is 4.74 Å². The molecule has 0 radical (unpaired) electrons. The van der Waals surface area contributed by atoms with E-state index in [1.54, 1.807) is 6.07 Å². The summed E-state index contributed by atoms with van der Waals surface area (Å²) < 4.78 is 177. The molecule has 0 aliphatic heterocycles. The van der Waals surface area contributed by atoms with Gasteiger partial charge >= 0.3 is 24.3 Å². The Hall–Kier alpha value is -2.42. The third kappa shape index (κ3) is 5.42. The first-order valence-corrected chi connectivity index (χ1v) is 10.5. The minimum atomic E-state index is -6.35. The Balaban J connectivity index is 2.67. The van der Waals surface area contributed by atoms with Gasteiger partial charge in [0.2, 0.25) is 0 Å². The van der Waals surface area contributed by atoms with Crippen molar-refractivity contribution in [1.29, 1.82) is 0 Å². The zero-order chi connectivity index (χ0) is 28.7. The van der Waals surface area contributed by atoms with E-state index in [4.69, 9.17) is 4.74 Å². The number of halogens is 12. The maximum Gasteiger partial charge on any atom is 0.438 e. The molecular weight excluding hydrogens is 538 g/mol. The lowest BCUT2D eigenvalue weighted by Gasteiger charge is -2.46. The average Bonchev–Trinajstić information content (AvgIpc) is 2.79. The fourth-order valence-electron chi connectivity index (χ4n) is 3.18. The van der Waals surface area contributed by atoms with E-state index in [0.29, 0.717) is 12.3 Å². The van der Waals surface area contributed by atoms with Crippen LogP contribution in [0.2, 0.25) is 0 Å². The predicted octanol–water partition coefficient (Wildman–Crippen LogP) is 8.00. The summed E-state index contributed by atoms with van der Waals surface area (Å²) in [4.78, 5) is 0. The second kappa shape index (κ2) is 10.0. The first-order chi connectivity index (χ1) is 16.7. The number of rotatable bonds is 11. The molecule has 0 fully saturated rings. The topological polar surface area (TPSA) is 21.7 Å². The van der Waals surface area contributed by atoms with E-state index in [2.05, 4.69) is 4.74 Å². The number of nitrogens with zero attached hydrogens (tertiary/aromatic N) is 1. The van der Waals surface area contributed by atoms with Crippen LogP contribution < -0.4 is 4.74 Å². The van der Waals surface area contributed by atoms with Crippen molar-refractivity contribution in [3.63, 3.8) is 0 Å². The summed E-state index contributed by atoms with van der Waals surface area (Å²) in [5.74, 6) is -11.7. The van der Waals surface area contributed by atoms with Gasteiger partial charge in [0, 0.05) is 5.39 Å². The number of benzene rings is 2.